The summed E-state index contributed by atoms with van der Waals surface area (Å²) in [6, 6.07) is 39.2. The molecule has 0 saturated carbocycles. The zero-order valence-corrected chi connectivity index (χ0v) is 20.6. The van der Waals surface area contributed by atoms with Crippen molar-refractivity contribution in [3.8, 4) is 22.3 Å². The van der Waals surface area contributed by atoms with Gasteiger partial charge in [0.05, 0.1) is 0 Å². The van der Waals surface area contributed by atoms with Crippen molar-refractivity contribution in [2.24, 2.45) is 0 Å². The minimum Gasteiger partial charge on any atom is -0.423 e. The summed E-state index contributed by atoms with van der Waals surface area (Å²) < 4.78 is 2.18. The average Bonchev–Trinajstić information content (AvgIpc) is 3.31. The average molecular weight is 485 g/mol. The summed E-state index contributed by atoms with van der Waals surface area (Å²) in [5.41, 5.74) is 6.67. The van der Waals surface area contributed by atoms with Gasteiger partial charge in [0.1, 0.15) is 0 Å². The second kappa shape index (κ2) is 9.28. The fourth-order valence-corrected chi connectivity index (χ4v) is 6.12. The van der Waals surface area contributed by atoms with Gasteiger partial charge in [0.2, 0.25) is 0 Å². The first kappa shape index (κ1) is 22.6. The molecular weight excluding hydrogens is 461 g/mol. The smallest absolute Gasteiger partial charge is 0.423 e. The van der Waals surface area contributed by atoms with Crippen molar-refractivity contribution in [2.75, 3.05) is 11.9 Å². The van der Waals surface area contributed by atoms with Crippen LogP contribution in [0.3, 0.4) is 0 Å². The molecule has 0 saturated heterocycles. The Balaban J connectivity index is 1.59. The number of hydrogen-bond donors (Lipinski definition) is 2. The van der Waals surface area contributed by atoms with Crippen LogP contribution in [0.2, 0.25) is 0 Å². The van der Waals surface area contributed by atoms with Gasteiger partial charge < -0.3 is 14.9 Å². The fourth-order valence-electron chi connectivity index (χ4n) is 5.00. The molecule has 0 fully saturated rings. The van der Waals surface area contributed by atoms with E-state index in [1.54, 1.807) is 11.3 Å². The maximum absolute atomic E-state index is 10.6. The van der Waals surface area contributed by atoms with Crippen LogP contribution in [0.25, 0.3) is 42.4 Å². The minimum absolute atomic E-state index is 0.549. The Labute approximate surface area is 214 Å². The Hall–Kier alpha value is -3.90. The lowest BCUT2D eigenvalue weighted by atomic mass is 9.72. The van der Waals surface area contributed by atoms with Gasteiger partial charge in [0, 0.05) is 38.8 Å². The van der Waals surface area contributed by atoms with Gasteiger partial charge in [-0.25, -0.2) is 0 Å². The van der Waals surface area contributed by atoms with Crippen molar-refractivity contribution in [3.63, 3.8) is 0 Å². The summed E-state index contributed by atoms with van der Waals surface area (Å²) in [5.74, 6) is 0. The number of para-hydroxylation sites is 1. The summed E-state index contributed by atoms with van der Waals surface area (Å²) >= 11 is 1.67. The minimum atomic E-state index is -1.59. The highest BCUT2D eigenvalue weighted by molar-refractivity contribution is 7.26. The molecule has 36 heavy (non-hydrogen) atoms. The monoisotopic (exact) mass is 485 g/mol. The van der Waals surface area contributed by atoms with Crippen LogP contribution in [-0.2, 0) is 0 Å². The van der Waals surface area contributed by atoms with Crippen molar-refractivity contribution in [2.45, 2.75) is 0 Å². The summed E-state index contributed by atoms with van der Waals surface area (Å²) in [7, 11) is 0.483. The Bertz CT molecular complexity index is 1680. The largest absolute Gasteiger partial charge is 0.489 e. The number of nitrogens with zero attached hydrogens (tertiary/aromatic N) is 1. The Kier molecular flexibility index (Phi) is 5.82. The molecule has 2 N–H and O–H groups in total. The highest BCUT2D eigenvalue weighted by Gasteiger charge is 2.24. The first-order valence-electron chi connectivity index (χ1n) is 11.9. The lowest BCUT2D eigenvalue weighted by Crippen LogP contribution is -2.32. The zero-order valence-electron chi connectivity index (χ0n) is 19.8. The van der Waals surface area contributed by atoms with E-state index >= 15 is 0 Å². The van der Waals surface area contributed by atoms with Crippen molar-refractivity contribution in [3.05, 3.63) is 115 Å². The van der Waals surface area contributed by atoms with Gasteiger partial charge in [-0.3, -0.25) is 0 Å². The SMILES string of the molecule is CN(c1ccccc1)c1ccc(-c2ccc3sc4ccccc4c3c2B(O)O)cc1-c1ccccc1. The fraction of sp³-hybridized carbons (Fsp3) is 0.0323. The van der Waals surface area contributed by atoms with Crippen molar-refractivity contribution in [1.82, 2.24) is 0 Å². The molecule has 174 valence electrons. The topological polar surface area (TPSA) is 43.7 Å². The van der Waals surface area contributed by atoms with Crippen LogP contribution in [0.5, 0.6) is 0 Å². The molecule has 0 aliphatic heterocycles. The predicted molar refractivity (Wildman–Crippen MR) is 155 cm³/mol. The third-order valence-electron chi connectivity index (χ3n) is 6.74. The Morgan fingerprint density at radius 2 is 1.33 bits per heavy atom. The van der Waals surface area contributed by atoms with Gasteiger partial charge in [-0.15, -0.1) is 11.3 Å². The van der Waals surface area contributed by atoms with Crippen molar-refractivity contribution in [1.29, 1.82) is 0 Å². The van der Waals surface area contributed by atoms with Crippen molar-refractivity contribution < 1.29 is 10.0 Å². The van der Waals surface area contributed by atoms with E-state index < -0.39 is 7.12 Å². The molecule has 6 rings (SSSR count). The molecule has 6 aromatic rings. The third-order valence-corrected chi connectivity index (χ3v) is 7.88. The van der Waals surface area contributed by atoms with Crippen LogP contribution < -0.4 is 10.4 Å². The molecular formula is C31H24BNO2S. The standard InChI is InChI=1S/C31H24BNO2S/c1-33(23-12-6-3-7-13-23)27-18-16-22(20-26(27)21-10-4-2-5-11-21)24-17-19-29-30(31(24)32(34)35)25-14-8-9-15-28(25)36-29/h2-20,34-35H,1H3. The summed E-state index contributed by atoms with van der Waals surface area (Å²) in [5, 5.41) is 23.1. The normalized spacial score (nSPS) is 11.2. The van der Waals surface area contributed by atoms with E-state index in [0.29, 0.717) is 5.46 Å². The molecule has 0 amide bonds. The first-order valence-corrected chi connectivity index (χ1v) is 12.7. The molecule has 0 aliphatic rings. The lowest BCUT2D eigenvalue weighted by molar-refractivity contribution is 0.426. The summed E-state index contributed by atoms with van der Waals surface area (Å²) in [6.07, 6.45) is 0. The second-order valence-corrected chi connectivity index (χ2v) is 9.95. The zero-order chi connectivity index (χ0) is 24.6. The molecule has 0 atom stereocenters. The van der Waals surface area contributed by atoms with Crippen LogP contribution >= 0.6 is 11.3 Å². The quantitative estimate of drug-likeness (QED) is 0.263. The molecule has 5 heteroatoms. The Morgan fingerprint density at radius 1 is 0.639 bits per heavy atom. The van der Waals surface area contributed by atoms with E-state index in [0.717, 1.165) is 53.8 Å². The third kappa shape index (κ3) is 3.88. The number of fused-ring (bicyclic) bond motifs is 3. The van der Waals surface area contributed by atoms with Crippen molar-refractivity contribution >= 4 is 55.5 Å². The van der Waals surface area contributed by atoms with Gasteiger partial charge in [-0.05, 0) is 63.9 Å². The Morgan fingerprint density at radius 3 is 2.08 bits per heavy atom. The number of rotatable bonds is 5. The second-order valence-electron chi connectivity index (χ2n) is 8.86. The molecule has 5 aromatic carbocycles. The molecule has 1 heterocycles. The summed E-state index contributed by atoms with van der Waals surface area (Å²) in [6.45, 7) is 0. The number of anilines is 2. The highest BCUT2D eigenvalue weighted by atomic mass is 32.1. The first-order chi connectivity index (χ1) is 17.6. The van der Waals surface area contributed by atoms with Crippen LogP contribution in [-0.4, -0.2) is 24.2 Å². The number of thiophene rings is 1. The van der Waals surface area contributed by atoms with E-state index in [1.807, 2.05) is 54.6 Å². The summed E-state index contributed by atoms with van der Waals surface area (Å²) in [4.78, 5) is 2.18. The van der Waals surface area contributed by atoms with Crippen LogP contribution in [0.4, 0.5) is 11.4 Å². The van der Waals surface area contributed by atoms with Gasteiger partial charge in [-0.2, -0.15) is 0 Å². The van der Waals surface area contributed by atoms with Gasteiger partial charge in [-0.1, -0.05) is 78.9 Å². The number of benzene rings is 5. The van der Waals surface area contributed by atoms with E-state index in [2.05, 4.69) is 72.6 Å². The van der Waals surface area contributed by atoms with Crippen LogP contribution in [0.15, 0.2) is 115 Å². The van der Waals surface area contributed by atoms with E-state index in [4.69, 9.17) is 0 Å². The predicted octanol–water partition coefficient (Wildman–Crippen LogP) is 6.84. The van der Waals surface area contributed by atoms with Crippen LogP contribution in [0.1, 0.15) is 0 Å². The molecule has 0 unspecified atom stereocenters. The molecule has 3 nitrogen and oxygen atoms in total. The molecule has 0 aliphatic carbocycles. The molecule has 0 bridgehead atoms. The molecule has 0 radical (unpaired) electrons. The van der Waals surface area contributed by atoms with Gasteiger partial charge in [0.25, 0.3) is 0 Å². The van der Waals surface area contributed by atoms with E-state index in [-0.39, 0.29) is 0 Å². The number of hydrogen-bond acceptors (Lipinski definition) is 4. The maximum atomic E-state index is 10.6. The van der Waals surface area contributed by atoms with Gasteiger partial charge in [0.15, 0.2) is 0 Å². The highest BCUT2D eigenvalue weighted by Crippen LogP contribution is 2.39. The van der Waals surface area contributed by atoms with E-state index in [1.165, 1.54) is 0 Å². The van der Waals surface area contributed by atoms with Crippen LogP contribution in [0, 0.1) is 0 Å². The van der Waals surface area contributed by atoms with E-state index in [9.17, 15) is 10.0 Å². The maximum Gasteiger partial charge on any atom is 0.489 e. The van der Waals surface area contributed by atoms with Gasteiger partial charge >= 0.3 is 7.12 Å². The lowest BCUT2D eigenvalue weighted by Gasteiger charge is -2.24. The molecule has 1 aromatic heterocycles. The molecule has 0 spiro atoms.